The first-order valence-corrected chi connectivity index (χ1v) is 7.80. The van der Waals surface area contributed by atoms with Crippen molar-refractivity contribution in [2.75, 3.05) is 0 Å². The van der Waals surface area contributed by atoms with Crippen LogP contribution < -0.4 is 0 Å². The van der Waals surface area contributed by atoms with Gasteiger partial charge in [0.1, 0.15) is 0 Å². The van der Waals surface area contributed by atoms with E-state index in [4.69, 9.17) is 11.6 Å². The molecule has 4 rings (SSSR count). The van der Waals surface area contributed by atoms with Gasteiger partial charge in [-0.05, 0) is 40.1 Å². The number of hydrogen-bond donors (Lipinski definition) is 0. The molecule has 0 aliphatic rings. The van der Waals surface area contributed by atoms with E-state index in [9.17, 15) is 10.1 Å². The number of halogens is 1. The molecule has 0 atom stereocenters. The summed E-state index contributed by atoms with van der Waals surface area (Å²) in [4.78, 5) is 10.8. The molecular weight excluding hydrogens is 322 g/mol. The van der Waals surface area contributed by atoms with Gasteiger partial charge in [-0.2, -0.15) is 0 Å². The van der Waals surface area contributed by atoms with E-state index in [0.29, 0.717) is 15.8 Å². The SMILES string of the molecule is O=[N+]([O-])c1cccc2[c]c(-c3cccc4cccc(Cl)c34)ccc12. The molecule has 4 heteroatoms. The van der Waals surface area contributed by atoms with E-state index < -0.39 is 0 Å². The average molecular weight is 333 g/mol. The van der Waals surface area contributed by atoms with Crippen molar-refractivity contribution < 1.29 is 4.92 Å². The van der Waals surface area contributed by atoms with Gasteiger partial charge in [0.2, 0.25) is 0 Å². The van der Waals surface area contributed by atoms with E-state index in [1.807, 2.05) is 48.5 Å². The molecule has 0 fully saturated rings. The number of benzene rings is 4. The maximum Gasteiger partial charge on any atom is 0.277 e. The molecular formula is C20H11ClNO2. The molecule has 0 aromatic heterocycles. The molecule has 0 aliphatic heterocycles. The minimum absolute atomic E-state index is 0.0891. The van der Waals surface area contributed by atoms with Gasteiger partial charge in [-0.15, -0.1) is 0 Å². The van der Waals surface area contributed by atoms with Gasteiger partial charge >= 0.3 is 0 Å². The molecule has 24 heavy (non-hydrogen) atoms. The largest absolute Gasteiger partial charge is 0.277 e. The van der Waals surface area contributed by atoms with Gasteiger partial charge in [-0.1, -0.05) is 60.1 Å². The predicted octanol–water partition coefficient (Wildman–Crippen LogP) is 6.02. The molecule has 0 amide bonds. The fraction of sp³-hybridized carbons (Fsp3) is 0. The van der Waals surface area contributed by atoms with Crippen LogP contribution in [0.1, 0.15) is 0 Å². The van der Waals surface area contributed by atoms with E-state index in [1.54, 1.807) is 12.1 Å². The zero-order valence-corrected chi connectivity index (χ0v) is 13.2. The fourth-order valence-corrected chi connectivity index (χ4v) is 3.31. The molecule has 1 radical (unpaired) electrons. The number of nitro benzene ring substituents is 1. The highest BCUT2D eigenvalue weighted by molar-refractivity contribution is 6.36. The summed E-state index contributed by atoms with van der Waals surface area (Å²) in [6, 6.07) is 23.7. The lowest BCUT2D eigenvalue weighted by molar-refractivity contribution is -0.383. The van der Waals surface area contributed by atoms with E-state index in [1.165, 1.54) is 6.07 Å². The zero-order valence-electron chi connectivity index (χ0n) is 12.5. The standard InChI is InChI=1S/C20H11ClNO2/c21-18-8-2-5-13-4-1-7-17(20(13)18)15-10-11-16-14(12-15)6-3-9-19(16)22(23)24/h1-11H. The molecule has 0 saturated carbocycles. The van der Waals surface area contributed by atoms with Crippen molar-refractivity contribution in [1.29, 1.82) is 0 Å². The second-order valence-corrected chi connectivity index (χ2v) is 5.92. The third-order valence-corrected chi connectivity index (χ3v) is 4.42. The Bertz CT molecular complexity index is 1100. The molecule has 4 aromatic carbocycles. The van der Waals surface area contributed by atoms with Crippen LogP contribution in [0.2, 0.25) is 5.02 Å². The first-order chi connectivity index (χ1) is 11.6. The molecule has 0 heterocycles. The Morgan fingerprint density at radius 3 is 2.46 bits per heavy atom. The number of nitro groups is 1. The highest BCUT2D eigenvalue weighted by Gasteiger charge is 2.13. The molecule has 4 aromatic rings. The third kappa shape index (κ3) is 2.30. The lowest BCUT2D eigenvalue weighted by Gasteiger charge is -2.09. The van der Waals surface area contributed by atoms with Crippen LogP contribution in [0.5, 0.6) is 0 Å². The summed E-state index contributed by atoms with van der Waals surface area (Å²) in [6.07, 6.45) is 0. The number of nitrogens with zero attached hydrogens (tertiary/aromatic N) is 1. The first kappa shape index (κ1) is 14.7. The van der Waals surface area contributed by atoms with Crippen molar-refractivity contribution in [3.63, 3.8) is 0 Å². The van der Waals surface area contributed by atoms with Gasteiger partial charge in [0.05, 0.1) is 10.3 Å². The minimum atomic E-state index is -0.370. The lowest BCUT2D eigenvalue weighted by atomic mass is 9.96. The highest BCUT2D eigenvalue weighted by atomic mass is 35.5. The minimum Gasteiger partial charge on any atom is -0.258 e. The van der Waals surface area contributed by atoms with E-state index in [2.05, 4.69) is 6.07 Å². The second-order valence-electron chi connectivity index (χ2n) is 5.51. The Morgan fingerprint density at radius 2 is 1.67 bits per heavy atom. The molecule has 0 aliphatic carbocycles. The van der Waals surface area contributed by atoms with Crippen molar-refractivity contribution in [2.45, 2.75) is 0 Å². The van der Waals surface area contributed by atoms with Gasteiger partial charge in [-0.3, -0.25) is 10.1 Å². The summed E-state index contributed by atoms with van der Waals surface area (Å²) in [7, 11) is 0. The zero-order chi connectivity index (χ0) is 16.7. The van der Waals surface area contributed by atoms with E-state index in [0.717, 1.165) is 21.9 Å². The fourth-order valence-electron chi connectivity index (χ4n) is 3.03. The number of rotatable bonds is 2. The highest BCUT2D eigenvalue weighted by Crippen LogP contribution is 2.35. The maximum atomic E-state index is 11.2. The van der Waals surface area contributed by atoms with Crippen molar-refractivity contribution in [2.24, 2.45) is 0 Å². The average Bonchev–Trinajstić information content (AvgIpc) is 2.60. The summed E-state index contributed by atoms with van der Waals surface area (Å²) in [5, 5.41) is 15.1. The Labute approximate surface area is 143 Å². The number of fused-ring (bicyclic) bond motifs is 2. The Morgan fingerprint density at radius 1 is 0.917 bits per heavy atom. The summed E-state index contributed by atoms with van der Waals surface area (Å²) >= 11 is 6.39. The van der Waals surface area contributed by atoms with Gasteiger partial charge in [0.25, 0.3) is 5.69 Å². The predicted molar refractivity (Wildman–Crippen MR) is 97.4 cm³/mol. The topological polar surface area (TPSA) is 43.1 Å². The van der Waals surface area contributed by atoms with E-state index in [-0.39, 0.29) is 10.6 Å². The van der Waals surface area contributed by atoms with Gasteiger partial charge in [0.15, 0.2) is 0 Å². The summed E-state index contributed by atoms with van der Waals surface area (Å²) in [6.45, 7) is 0. The summed E-state index contributed by atoms with van der Waals surface area (Å²) < 4.78 is 0. The van der Waals surface area contributed by atoms with Crippen LogP contribution in [-0.2, 0) is 0 Å². The van der Waals surface area contributed by atoms with Crippen molar-refractivity contribution in [3.8, 4) is 11.1 Å². The van der Waals surface area contributed by atoms with Crippen molar-refractivity contribution in [3.05, 3.63) is 87.9 Å². The van der Waals surface area contributed by atoms with Gasteiger partial charge in [-0.25, -0.2) is 0 Å². The molecule has 3 nitrogen and oxygen atoms in total. The molecule has 115 valence electrons. The summed E-state index contributed by atoms with van der Waals surface area (Å²) in [5.41, 5.74) is 1.92. The Balaban J connectivity index is 2.00. The van der Waals surface area contributed by atoms with Gasteiger partial charge < -0.3 is 0 Å². The van der Waals surface area contributed by atoms with Crippen molar-refractivity contribution >= 4 is 38.8 Å². The van der Waals surface area contributed by atoms with Crippen LogP contribution in [0.4, 0.5) is 5.69 Å². The van der Waals surface area contributed by atoms with E-state index >= 15 is 0 Å². The van der Waals surface area contributed by atoms with Gasteiger partial charge in [0, 0.05) is 16.5 Å². The third-order valence-electron chi connectivity index (χ3n) is 4.11. The Hall–Kier alpha value is -2.91. The lowest BCUT2D eigenvalue weighted by Crippen LogP contribution is -1.90. The smallest absolute Gasteiger partial charge is 0.258 e. The van der Waals surface area contributed by atoms with Crippen LogP contribution in [0.3, 0.4) is 0 Å². The van der Waals surface area contributed by atoms with Crippen LogP contribution in [0, 0.1) is 16.2 Å². The molecule has 0 N–H and O–H groups in total. The molecule has 0 unspecified atom stereocenters. The second kappa shape index (κ2) is 5.62. The van der Waals surface area contributed by atoms with Crippen LogP contribution in [0.15, 0.2) is 66.7 Å². The normalized spacial score (nSPS) is 11.0. The molecule has 0 saturated heterocycles. The van der Waals surface area contributed by atoms with Crippen LogP contribution in [0.25, 0.3) is 32.7 Å². The quantitative estimate of drug-likeness (QED) is 0.332. The molecule has 0 spiro atoms. The van der Waals surface area contributed by atoms with Crippen molar-refractivity contribution in [1.82, 2.24) is 0 Å². The first-order valence-electron chi connectivity index (χ1n) is 7.42. The number of hydrogen-bond acceptors (Lipinski definition) is 2. The van der Waals surface area contributed by atoms with Crippen LogP contribution >= 0.6 is 11.6 Å². The maximum absolute atomic E-state index is 11.2. The van der Waals surface area contributed by atoms with Crippen LogP contribution in [-0.4, -0.2) is 4.92 Å². The molecule has 0 bridgehead atoms. The monoisotopic (exact) mass is 332 g/mol. The summed E-state index contributed by atoms with van der Waals surface area (Å²) in [5.74, 6) is 0. The number of non-ortho nitro benzene ring substituents is 1. The Kier molecular flexibility index (Phi) is 3.44.